The fourth-order valence-corrected chi connectivity index (χ4v) is 5.43. The third-order valence-corrected chi connectivity index (χ3v) is 7.35. The van der Waals surface area contributed by atoms with Gasteiger partial charge in [0, 0.05) is 18.7 Å². The van der Waals surface area contributed by atoms with Crippen molar-refractivity contribution in [2.24, 2.45) is 0 Å². The van der Waals surface area contributed by atoms with E-state index in [0.29, 0.717) is 37.6 Å². The lowest BCUT2D eigenvalue weighted by atomic mass is 10.1. The minimum absolute atomic E-state index is 0.151. The Bertz CT molecular complexity index is 1470. The molecule has 1 aromatic carbocycles. The summed E-state index contributed by atoms with van der Waals surface area (Å²) < 4.78 is 56.9. The van der Waals surface area contributed by atoms with Crippen molar-refractivity contribution in [3.05, 3.63) is 53.3 Å². The molecule has 3 aliphatic heterocycles. The summed E-state index contributed by atoms with van der Waals surface area (Å²) in [7, 11) is 0. The van der Waals surface area contributed by atoms with Crippen molar-refractivity contribution in [1.82, 2.24) is 15.0 Å². The molecule has 0 aliphatic carbocycles. The quantitative estimate of drug-likeness (QED) is 0.423. The Balaban J connectivity index is 1.21. The van der Waals surface area contributed by atoms with E-state index in [1.807, 2.05) is 13.8 Å². The molecule has 41 heavy (non-hydrogen) atoms. The largest absolute Gasteiger partial charge is 0.474 e. The Morgan fingerprint density at radius 1 is 1.24 bits per heavy atom. The van der Waals surface area contributed by atoms with Crippen LogP contribution in [0.5, 0.6) is 5.88 Å². The smallest absolute Gasteiger partial charge is 0.416 e. The van der Waals surface area contributed by atoms with Crippen molar-refractivity contribution in [3.63, 3.8) is 0 Å². The number of pyridine rings is 1. The number of carbonyl (C=O) groups is 1. The van der Waals surface area contributed by atoms with Crippen LogP contribution in [0.2, 0.25) is 5.02 Å². The first-order valence-corrected chi connectivity index (χ1v) is 13.3. The molecule has 1 N–H and O–H groups in total. The van der Waals surface area contributed by atoms with Crippen LogP contribution in [0, 0.1) is 0 Å². The molecule has 5 heterocycles. The standard InChI is InChI=1S/C27H26ClF3N6O4/c1-26(2)40-14-18(41-26)13-39-22-11-32-21(10-33-22)34-25(38)37-17-6-7-36(12-17)20-9-19(28)23(35-24(20)37)15-4-3-5-16(8-15)27(29,30)31/h3-5,8-11,17-18H,6-7,12-14H2,1-2H3,(H,32,34,38)/t17?,18-/m1/s1. The van der Waals surface area contributed by atoms with Crippen LogP contribution in [0.3, 0.4) is 0 Å². The Labute approximate surface area is 238 Å². The summed E-state index contributed by atoms with van der Waals surface area (Å²) in [6.45, 7) is 5.54. The molecule has 0 radical (unpaired) electrons. The Morgan fingerprint density at radius 3 is 2.78 bits per heavy atom. The number of nitrogens with zero attached hydrogens (tertiary/aromatic N) is 5. The average molecular weight is 591 g/mol. The molecule has 0 spiro atoms. The van der Waals surface area contributed by atoms with Crippen molar-refractivity contribution in [2.45, 2.75) is 44.4 Å². The zero-order chi connectivity index (χ0) is 28.9. The number of urea groups is 1. The summed E-state index contributed by atoms with van der Waals surface area (Å²) in [6, 6.07) is 5.74. The number of fused-ring (bicyclic) bond motifs is 4. The first-order chi connectivity index (χ1) is 19.5. The van der Waals surface area contributed by atoms with Crippen LogP contribution < -0.4 is 19.9 Å². The SMILES string of the molecule is CC1(C)OC[C@@H](COc2cnc(NC(=O)N3c4nc(-c5cccc(C(F)(F)F)c5)c(Cl)cc4N4CCC3C4)cn2)O1. The molecule has 2 fully saturated rings. The van der Waals surface area contributed by atoms with E-state index in [9.17, 15) is 18.0 Å². The molecule has 0 saturated carbocycles. The number of benzene rings is 1. The Hall–Kier alpha value is -3.68. The molecule has 2 saturated heterocycles. The highest BCUT2D eigenvalue weighted by atomic mass is 35.5. The third-order valence-electron chi connectivity index (χ3n) is 7.06. The predicted octanol–water partition coefficient (Wildman–Crippen LogP) is 5.37. The van der Waals surface area contributed by atoms with Crippen molar-refractivity contribution < 1.29 is 32.2 Å². The van der Waals surface area contributed by atoms with E-state index in [0.717, 1.165) is 12.1 Å². The Kier molecular flexibility index (Phi) is 6.91. The number of ether oxygens (including phenoxy) is 3. The summed E-state index contributed by atoms with van der Waals surface area (Å²) >= 11 is 6.52. The van der Waals surface area contributed by atoms with Crippen LogP contribution in [0.1, 0.15) is 25.8 Å². The molecule has 2 aromatic heterocycles. The first-order valence-electron chi connectivity index (χ1n) is 13.0. The summed E-state index contributed by atoms with van der Waals surface area (Å²) in [5.74, 6) is 0.0967. The summed E-state index contributed by atoms with van der Waals surface area (Å²) in [4.78, 5) is 30.2. The molecular weight excluding hydrogens is 565 g/mol. The zero-order valence-corrected chi connectivity index (χ0v) is 22.9. The molecule has 216 valence electrons. The second kappa shape index (κ2) is 10.3. The molecule has 3 aliphatic rings. The van der Waals surface area contributed by atoms with Crippen molar-refractivity contribution in [3.8, 4) is 17.1 Å². The fourth-order valence-electron chi connectivity index (χ4n) is 5.18. The van der Waals surface area contributed by atoms with Crippen LogP contribution >= 0.6 is 11.6 Å². The van der Waals surface area contributed by atoms with Gasteiger partial charge in [0.1, 0.15) is 12.7 Å². The van der Waals surface area contributed by atoms with Gasteiger partial charge in [-0.05, 0) is 38.5 Å². The van der Waals surface area contributed by atoms with Crippen molar-refractivity contribution >= 4 is 35.0 Å². The highest BCUT2D eigenvalue weighted by Crippen LogP contribution is 2.43. The summed E-state index contributed by atoms with van der Waals surface area (Å²) in [5.41, 5.74) is 0.160. The summed E-state index contributed by atoms with van der Waals surface area (Å²) in [6.07, 6.45) is -1.31. The lowest BCUT2D eigenvalue weighted by Crippen LogP contribution is -2.48. The monoisotopic (exact) mass is 590 g/mol. The zero-order valence-electron chi connectivity index (χ0n) is 22.1. The van der Waals surface area contributed by atoms with E-state index in [4.69, 9.17) is 25.8 Å². The van der Waals surface area contributed by atoms with Gasteiger partial charge in [-0.3, -0.25) is 10.2 Å². The number of alkyl halides is 3. The molecule has 1 unspecified atom stereocenters. The second-order valence-corrected chi connectivity index (χ2v) is 10.8. The molecule has 2 amide bonds. The van der Waals surface area contributed by atoms with Crippen LogP contribution in [0.15, 0.2) is 42.7 Å². The maximum absolute atomic E-state index is 13.5. The van der Waals surface area contributed by atoms with Gasteiger partial charge in [-0.2, -0.15) is 13.2 Å². The van der Waals surface area contributed by atoms with E-state index < -0.39 is 23.6 Å². The van der Waals surface area contributed by atoms with Crippen LogP contribution in [-0.4, -0.2) is 65.2 Å². The highest BCUT2D eigenvalue weighted by molar-refractivity contribution is 6.33. The van der Waals surface area contributed by atoms with Gasteiger partial charge >= 0.3 is 12.2 Å². The van der Waals surface area contributed by atoms with Gasteiger partial charge in [0.05, 0.1) is 47.0 Å². The second-order valence-electron chi connectivity index (χ2n) is 10.4. The molecule has 2 atom stereocenters. The van der Waals surface area contributed by atoms with Crippen molar-refractivity contribution in [1.29, 1.82) is 0 Å². The summed E-state index contributed by atoms with van der Waals surface area (Å²) in [5, 5.41) is 2.93. The maximum atomic E-state index is 13.5. The topological polar surface area (TPSA) is 102 Å². The highest BCUT2D eigenvalue weighted by Gasteiger charge is 2.41. The molecular formula is C27H26ClF3N6O4. The van der Waals surface area contributed by atoms with Gasteiger partial charge in [0.15, 0.2) is 17.4 Å². The number of halogens is 4. The van der Waals surface area contributed by atoms with Gasteiger partial charge in [0.2, 0.25) is 5.88 Å². The molecule has 6 rings (SSSR count). The van der Waals surface area contributed by atoms with Crippen LogP contribution in [-0.2, 0) is 15.7 Å². The van der Waals surface area contributed by atoms with Crippen molar-refractivity contribution in [2.75, 3.05) is 41.4 Å². The number of hydrogen-bond acceptors (Lipinski definition) is 8. The lowest BCUT2D eigenvalue weighted by Gasteiger charge is -2.36. The normalized spacial score (nSPS) is 21.1. The van der Waals surface area contributed by atoms with Gasteiger partial charge in [-0.15, -0.1) is 0 Å². The van der Waals surface area contributed by atoms with Gasteiger partial charge in [-0.1, -0.05) is 23.7 Å². The van der Waals surface area contributed by atoms with Gasteiger partial charge < -0.3 is 19.1 Å². The van der Waals surface area contributed by atoms with Crippen LogP contribution in [0.25, 0.3) is 11.3 Å². The maximum Gasteiger partial charge on any atom is 0.416 e. The van der Waals surface area contributed by atoms with Gasteiger partial charge in [-0.25, -0.2) is 19.7 Å². The molecule has 10 nitrogen and oxygen atoms in total. The molecule has 3 aromatic rings. The third kappa shape index (κ3) is 5.61. The van der Waals surface area contributed by atoms with E-state index in [1.54, 1.807) is 6.07 Å². The minimum Gasteiger partial charge on any atom is -0.474 e. The Morgan fingerprint density at radius 2 is 2.07 bits per heavy atom. The number of amides is 2. The predicted molar refractivity (Wildman–Crippen MR) is 144 cm³/mol. The first kappa shape index (κ1) is 27.5. The molecule has 2 bridgehead atoms. The number of anilines is 3. The lowest BCUT2D eigenvalue weighted by molar-refractivity contribution is -0.141. The fraction of sp³-hybridized carbons (Fsp3) is 0.407. The number of aromatic nitrogens is 3. The number of nitrogens with one attached hydrogen (secondary N) is 1. The number of hydrogen-bond donors (Lipinski definition) is 1. The van der Waals surface area contributed by atoms with Crippen LogP contribution in [0.4, 0.5) is 35.3 Å². The molecule has 14 heteroatoms. The van der Waals surface area contributed by atoms with E-state index in [2.05, 4.69) is 25.2 Å². The number of rotatable bonds is 5. The van der Waals surface area contributed by atoms with E-state index in [-0.39, 0.29) is 46.7 Å². The van der Waals surface area contributed by atoms with E-state index >= 15 is 0 Å². The average Bonchev–Trinajstić information content (AvgIpc) is 3.51. The van der Waals surface area contributed by atoms with E-state index in [1.165, 1.54) is 29.4 Å². The van der Waals surface area contributed by atoms with Gasteiger partial charge in [0.25, 0.3) is 0 Å². The number of carbonyl (C=O) groups excluding carboxylic acids is 1. The minimum atomic E-state index is -4.52.